The molecule has 0 heterocycles. The van der Waals surface area contributed by atoms with Gasteiger partial charge in [-0.15, -0.1) is 0 Å². The molecule has 0 aromatic carbocycles. The molecule has 0 spiro atoms. The smallest absolute Gasteiger partial charge is 0.0221 e. The molecule has 1 fully saturated rings. The third-order valence-electron chi connectivity index (χ3n) is 3.19. The molecule has 84 valence electrons. The van der Waals surface area contributed by atoms with Gasteiger partial charge in [-0.1, -0.05) is 13.3 Å². The first-order valence-electron chi connectivity index (χ1n) is 6.14. The molecular weight excluding hydrogens is 172 g/mol. The maximum absolute atomic E-state index is 5.85. The molecule has 1 rings (SSSR count). The van der Waals surface area contributed by atoms with Crippen LogP contribution in [0.2, 0.25) is 0 Å². The summed E-state index contributed by atoms with van der Waals surface area (Å²) in [6, 6.07) is 1.26. The zero-order valence-corrected chi connectivity index (χ0v) is 10.00. The van der Waals surface area contributed by atoms with Crippen molar-refractivity contribution in [2.75, 3.05) is 13.1 Å². The van der Waals surface area contributed by atoms with Crippen molar-refractivity contribution in [2.24, 2.45) is 11.7 Å². The number of nitrogens with zero attached hydrogens (tertiary/aromatic N) is 1. The summed E-state index contributed by atoms with van der Waals surface area (Å²) < 4.78 is 0. The van der Waals surface area contributed by atoms with Crippen LogP contribution in [-0.2, 0) is 0 Å². The molecule has 2 nitrogen and oxygen atoms in total. The Labute approximate surface area is 88.8 Å². The standard InChI is InChI=1S/C12H26N2/c1-4-5-12(8-13)14(10(2)3)9-11-6-7-11/h10-12H,4-9,13H2,1-3H3. The minimum atomic E-state index is 0.612. The molecule has 1 saturated carbocycles. The minimum Gasteiger partial charge on any atom is -0.329 e. The minimum absolute atomic E-state index is 0.612. The topological polar surface area (TPSA) is 29.3 Å². The first kappa shape index (κ1) is 12.0. The van der Waals surface area contributed by atoms with Crippen molar-refractivity contribution in [2.45, 2.75) is 58.5 Å². The Hall–Kier alpha value is -0.0800. The van der Waals surface area contributed by atoms with Gasteiger partial charge in [0.25, 0.3) is 0 Å². The van der Waals surface area contributed by atoms with Gasteiger partial charge in [-0.2, -0.15) is 0 Å². The first-order valence-corrected chi connectivity index (χ1v) is 6.14. The molecule has 0 aliphatic heterocycles. The Morgan fingerprint density at radius 1 is 1.36 bits per heavy atom. The molecule has 2 N–H and O–H groups in total. The van der Waals surface area contributed by atoms with Crippen molar-refractivity contribution in [3.05, 3.63) is 0 Å². The van der Waals surface area contributed by atoms with Crippen LogP contribution in [0.25, 0.3) is 0 Å². The summed E-state index contributed by atoms with van der Waals surface area (Å²) in [7, 11) is 0. The van der Waals surface area contributed by atoms with Crippen LogP contribution in [0.3, 0.4) is 0 Å². The number of hydrogen-bond donors (Lipinski definition) is 1. The normalized spacial score (nSPS) is 19.3. The van der Waals surface area contributed by atoms with Gasteiger partial charge in [-0.05, 0) is 39.0 Å². The van der Waals surface area contributed by atoms with Crippen LogP contribution in [0.15, 0.2) is 0 Å². The second-order valence-electron chi connectivity index (χ2n) is 4.91. The van der Waals surface area contributed by atoms with E-state index in [0.29, 0.717) is 12.1 Å². The van der Waals surface area contributed by atoms with Crippen LogP contribution in [0.4, 0.5) is 0 Å². The van der Waals surface area contributed by atoms with Gasteiger partial charge in [0.05, 0.1) is 0 Å². The molecule has 2 heteroatoms. The highest BCUT2D eigenvalue weighted by molar-refractivity contribution is 4.83. The van der Waals surface area contributed by atoms with Crippen molar-refractivity contribution >= 4 is 0 Å². The summed E-state index contributed by atoms with van der Waals surface area (Å²) in [4.78, 5) is 2.61. The van der Waals surface area contributed by atoms with Crippen molar-refractivity contribution < 1.29 is 0 Å². The fourth-order valence-electron chi connectivity index (χ4n) is 2.13. The Bertz CT molecular complexity index is 152. The van der Waals surface area contributed by atoms with E-state index in [4.69, 9.17) is 5.73 Å². The van der Waals surface area contributed by atoms with Gasteiger partial charge in [0.15, 0.2) is 0 Å². The van der Waals surface area contributed by atoms with Crippen molar-refractivity contribution in [3.63, 3.8) is 0 Å². The van der Waals surface area contributed by atoms with Crippen molar-refractivity contribution in [3.8, 4) is 0 Å². The van der Waals surface area contributed by atoms with E-state index < -0.39 is 0 Å². The number of hydrogen-bond acceptors (Lipinski definition) is 2. The molecule has 14 heavy (non-hydrogen) atoms. The molecule has 1 aliphatic rings. The third-order valence-corrected chi connectivity index (χ3v) is 3.19. The van der Waals surface area contributed by atoms with Gasteiger partial charge in [-0.3, -0.25) is 4.90 Å². The molecule has 1 unspecified atom stereocenters. The maximum atomic E-state index is 5.85. The lowest BCUT2D eigenvalue weighted by atomic mass is 10.1. The molecule has 0 saturated heterocycles. The highest BCUT2D eigenvalue weighted by Gasteiger charge is 2.28. The predicted molar refractivity (Wildman–Crippen MR) is 62.3 cm³/mol. The quantitative estimate of drug-likeness (QED) is 0.680. The summed E-state index contributed by atoms with van der Waals surface area (Å²) in [5, 5.41) is 0. The maximum Gasteiger partial charge on any atom is 0.0221 e. The average Bonchev–Trinajstić information content (AvgIpc) is 2.94. The second kappa shape index (κ2) is 5.72. The van der Waals surface area contributed by atoms with Crippen LogP contribution in [0.5, 0.6) is 0 Å². The van der Waals surface area contributed by atoms with Crippen molar-refractivity contribution in [1.29, 1.82) is 0 Å². The van der Waals surface area contributed by atoms with E-state index in [-0.39, 0.29) is 0 Å². The van der Waals surface area contributed by atoms with Gasteiger partial charge in [0, 0.05) is 25.2 Å². The predicted octanol–water partition coefficient (Wildman–Crippen LogP) is 2.23. The fraction of sp³-hybridized carbons (Fsp3) is 1.00. The van der Waals surface area contributed by atoms with E-state index in [2.05, 4.69) is 25.7 Å². The monoisotopic (exact) mass is 198 g/mol. The van der Waals surface area contributed by atoms with Crippen LogP contribution in [0.1, 0.15) is 46.5 Å². The molecule has 0 aromatic heterocycles. The highest BCUT2D eigenvalue weighted by Crippen LogP contribution is 2.31. The molecule has 1 aliphatic carbocycles. The van der Waals surface area contributed by atoms with Crippen LogP contribution in [0, 0.1) is 5.92 Å². The SMILES string of the molecule is CCCC(CN)N(CC1CC1)C(C)C. The Balaban J connectivity index is 2.43. The lowest BCUT2D eigenvalue weighted by Gasteiger charge is -2.34. The number of rotatable bonds is 7. The third kappa shape index (κ3) is 3.58. The number of nitrogens with two attached hydrogens (primary N) is 1. The van der Waals surface area contributed by atoms with Gasteiger partial charge < -0.3 is 5.73 Å². The van der Waals surface area contributed by atoms with Crippen LogP contribution in [-0.4, -0.2) is 30.1 Å². The zero-order chi connectivity index (χ0) is 10.6. The molecule has 0 aromatic rings. The Morgan fingerprint density at radius 2 is 2.00 bits per heavy atom. The molecule has 0 bridgehead atoms. The highest BCUT2D eigenvalue weighted by atomic mass is 15.2. The lowest BCUT2D eigenvalue weighted by molar-refractivity contribution is 0.141. The summed E-state index contributed by atoms with van der Waals surface area (Å²) in [5.74, 6) is 0.975. The molecule has 0 amide bonds. The molecular formula is C12H26N2. The van der Waals surface area contributed by atoms with Crippen LogP contribution < -0.4 is 5.73 Å². The van der Waals surface area contributed by atoms with E-state index in [1.54, 1.807) is 0 Å². The Kier molecular flexibility index (Phi) is 4.90. The van der Waals surface area contributed by atoms with Gasteiger partial charge in [-0.25, -0.2) is 0 Å². The summed E-state index contributed by atoms with van der Waals surface area (Å²) >= 11 is 0. The van der Waals surface area contributed by atoms with E-state index in [1.165, 1.54) is 32.2 Å². The molecule has 1 atom stereocenters. The lowest BCUT2D eigenvalue weighted by Crippen LogP contribution is -2.45. The Morgan fingerprint density at radius 3 is 2.36 bits per heavy atom. The van der Waals surface area contributed by atoms with Crippen molar-refractivity contribution in [1.82, 2.24) is 4.90 Å². The summed E-state index contributed by atoms with van der Waals surface area (Å²) in [5.41, 5.74) is 5.85. The fourth-order valence-corrected chi connectivity index (χ4v) is 2.13. The first-order chi connectivity index (χ1) is 6.69. The van der Waals surface area contributed by atoms with Gasteiger partial charge in [0.2, 0.25) is 0 Å². The largest absolute Gasteiger partial charge is 0.329 e. The summed E-state index contributed by atoms with van der Waals surface area (Å²) in [6.07, 6.45) is 5.37. The van der Waals surface area contributed by atoms with Gasteiger partial charge in [0.1, 0.15) is 0 Å². The second-order valence-corrected chi connectivity index (χ2v) is 4.91. The zero-order valence-electron chi connectivity index (χ0n) is 10.00. The van der Waals surface area contributed by atoms with Crippen LogP contribution >= 0.6 is 0 Å². The summed E-state index contributed by atoms with van der Waals surface area (Å²) in [6.45, 7) is 8.93. The van der Waals surface area contributed by atoms with E-state index in [0.717, 1.165) is 12.5 Å². The average molecular weight is 198 g/mol. The van der Waals surface area contributed by atoms with E-state index >= 15 is 0 Å². The van der Waals surface area contributed by atoms with E-state index in [1.807, 2.05) is 0 Å². The van der Waals surface area contributed by atoms with Gasteiger partial charge >= 0.3 is 0 Å². The molecule has 0 radical (unpaired) electrons. The van der Waals surface area contributed by atoms with E-state index in [9.17, 15) is 0 Å².